The average Bonchev–Trinajstić information content (AvgIpc) is 2.93. The smallest absolute Gasteiger partial charge is 0.243 e. The minimum absolute atomic E-state index is 0.0846. The molecule has 0 bridgehead atoms. The Morgan fingerprint density at radius 3 is 2.67 bits per heavy atom. The van der Waals surface area contributed by atoms with Gasteiger partial charge in [-0.05, 0) is 26.3 Å². The molecule has 1 aromatic heterocycles. The van der Waals surface area contributed by atoms with Crippen molar-refractivity contribution in [3.63, 3.8) is 0 Å². The Hall–Kier alpha value is -1.72. The molecule has 0 N–H and O–H groups in total. The zero-order valence-corrected chi connectivity index (χ0v) is 12.7. The molecule has 3 atom stereocenters. The lowest BCUT2D eigenvalue weighted by Crippen LogP contribution is -2.44. The van der Waals surface area contributed by atoms with Crippen molar-refractivity contribution in [3.05, 3.63) is 47.6 Å². The second kappa shape index (κ2) is 5.95. The summed E-state index contributed by atoms with van der Waals surface area (Å²) in [7, 11) is 0. The Bertz CT molecular complexity index is 584. The van der Waals surface area contributed by atoms with Crippen molar-refractivity contribution in [2.24, 2.45) is 0 Å². The molecule has 5 heteroatoms. The predicted molar refractivity (Wildman–Crippen MR) is 78.8 cm³/mol. The van der Waals surface area contributed by atoms with Gasteiger partial charge in [0.1, 0.15) is 0 Å². The molecule has 1 aliphatic rings. The van der Waals surface area contributed by atoms with Gasteiger partial charge in [-0.1, -0.05) is 35.5 Å². The zero-order valence-electron chi connectivity index (χ0n) is 12.7. The van der Waals surface area contributed by atoms with Crippen LogP contribution in [0.25, 0.3) is 0 Å². The van der Waals surface area contributed by atoms with E-state index in [1.165, 1.54) is 5.56 Å². The van der Waals surface area contributed by atoms with Crippen LogP contribution in [0.15, 0.2) is 34.9 Å². The molecule has 1 fully saturated rings. The Balaban J connectivity index is 1.77. The Morgan fingerprint density at radius 2 is 2.00 bits per heavy atom. The quantitative estimate of drug-likeness (QED) is 0.868. The molecule has 2 heterocycles. The van der Waals surface area contributed by atoms with Gasteiger partial charge in [0.05, 0.1) is 18.2 Å². The zero-order chi connectivity index (χ0) is 14.8. The van der Waals surface area contributed by atoms with Crippen LogP contribution in [0, 0.1) is 6.92 Å². The minimum atomic E-state index is 0.0846. The normalized spacial score (nSPS) is 24.9. The Kier molecular flexibility index (Phi) is 4.03. The van der Waals surface area contributed by atoms with Gasteiger partial charge in [-0.15, -0.1) is 0 Å². The van der Waals surface area contributed by atoms with Gasteiger partial charge < -0.3 is 9.26 Å². The summed E-state index contributed by atoms with van der Waals surface area (Å²) in [6.07, 6.45) is 0.261. The summed E-state index contributed by atoms with van der Waals surface area (Å²) in [6, 6.07) is 10.5. The fraction of sp³-hybridized carbons (Fsp3) is 0.500. The number of nitrogens with zero attached hydrogens (tertiary/aromatic N) is 3. The maximum atomic E-state index is 6.09. The summed E-state index contributed by atoms with van der Waals surface area (Å²) >= 11 is 0. The lowest BCUT2D eigenvalue weighted by molar-refractivity contribution is -0.0922. The van der Waals surface area contributed by atoms with Crippen LogP contribution in [0.1, 0.15) is 43.3 Å². The number of hydrogen-bond donors (Lipinski definition) is 0. The van der Waals surface area contributed by atoms with Gasteiger partial charge in [0.15, 0.2) is 5.82 Å². The van der Waals surface area contributed by atoms with E-state index in [9.17, 15) is 0 Å². The monoisotopic (exact) mass is 287 g/mol. The van der Waals surface area contributed by atoms with Crippen LogP contribution < -0.4 is 0 Å². The van der Waals surface area contributed by atoms with Crippen LogP contribution >= 0.6 is 0 Å². The fourth-order valence-corrected chi connectivity index (χ4v) is 2.79. The van der Waals surface area contributed by atoms with Gasteiger partial charge in [0, 0.05) is 13.1 Å². The van der Waals surface area contributed by atoms with E-state index in [0.29, 0.717) is 11.7 Å². The summed E-state index contributed by atoms with van der Waals surface area (Å²) in [5, 5.41) is 3.88. The first-order valence-corrected chi connectivity index (χ1v) is 7.38. The highest BCUT2D eigenvalue weighted by Crippen LogP contribution is 2.30. The molecule has 112 valence electrons. The third-order valence-electron chi connectivity index (χ3n) is 3.91. The summed E-state index contributed by atoms with van der Waals surface area (Å²) in [5.74, 6) is 1.35. The maximum Gasteiger partial charge on any atom is 0.243 e. The minimum Gasteiger partial charge on any atom is -0.368 e. The highest BCUT2D eigenvalue weighted by Gasteiger charge is 2.31. The van der Waals surface area contributed by atoms with Gasteiger partial charge in [0.25, 0.3) is 0 Å². The van der Waals surface area contributed by atoms with Crippen LogP contribution in [0.5, 0.6) is 0 Å². The van der Waals surface area contributed by atoms with E-state index in [1.54, 1.807) is 0 Å². The number of aryl methyl sites for hydroxylation is 1. The lowest BCUT2D eigenvalue weighted by atomic mass is 10.1. The van der Waals surface area contributed by atoms with E-state index < -0.39 is 0 Å². The van der Waals surface area contributed by atoms with E-state index in [1.807, 2.05) is 25.1 Å². The molecule has 3 unspecified atom stereocenters. The molecule has 0 spiro atoms. The van der Waals surface area contributed by atoms with Crippen molar-refractivity contribution in [2.45, 2.75) is 39.0 Å². The van der Waals surface area contributed by atoms with E-state index in [2.05, 4.69) is 41.0 Å². The highest BCUT2D eigenvalue weighted by atomic mass is 16.5. The van der Waals surface area contributed by atoms with Crippen LogP contribution in [0.2, 0.25) is 0 Å². The molecule has 1 aliphatic heterocycles. The van der Waals surface area contributed by atoms with Crippen LogP contribution in [0.4, 0.5) is 0 Å². The largest absolute Gasteiger partial charge is 0.368 e. The number of aromatic nitrogens is 2. The maximum absolute atomic E-state index is 6.09. The van der Waals surface area contributed by atoms with Gasteiger partial charge in [-0.25, -0.2) is 0 Å². The number of ether oxygens (including phenoxy) is 1. The van der Waals surface area contributed by atoms with Crippen LogP contribution in [0.3, 0.4) is 0 Å². The summed E-state index contributed by atoms with van der Waals surface area (Å²) in [6.45, 7) is 7.75. The molecule has 0 amide bonds. The molecular weight excluding hydrogens is 266 g/mol. The van der Waals surface area contributed by atoms with E-state index in [-0.39, 0.29) is 18.2 Å². The highest BCUT2D eigenvalue weighted by molar-refractivity contribution is 5.18. The SMILES string of the molecule is Cc1noc(C(C)N2CC(C)OC(c3ccccc3)C2)n1. The van der Waals surface area contributed by atoms with E-state index in [0.717, 1.165) is 13.1 Å². The molecule has 2 aromatic rings. The number of benzene rings is 1. The number of morpholine rings is 1. The molecule has 0 radical (unpaired) electrons. The Labute approximate surface area is 124 Å². The predicted octanol–water partition coefficient (Wildman–Crippen LogP) is 2.90. The molecule has 21 heavy (non-hydrogen) atoms. The number of rotatable bonds is 3. The number of hydrogen-bond acceptors (Lipinski definition) is 5. The van der Waals surface area contributed by atoms with Crippen LogP contribution in [-0.2, 0) is 4.74 Å². The summed E-state index contributed by atoms with van der Waals surface area (Å²) < 4.78 is 11.4. The van der Waals surface area contributed by atoms with Crippen molar-refractivity contribution < 1.29 is 9.26 Å². The van der Waals surface area contributed by atoms with Crippen molar-refractivity contribution in [1.29, 1.82) is 0 Å². The molecule has 1 saturated heterocycles. The molecule has 1 aromatic carbocycles. The van der Waals surface area contributed by atoms with Gasteiger partial charge in [-0.3, -0.25) is 4.90 Å². The van der Waals surface area contributed by atoms with Gasteiger partial charge in [-0.2, -0.15) is 4.98 Å². The second-order valence-electron chi connectivity index (χ2n) is 5.66. The van der Waals surface area contributed by atoms with Crippen molar-refractivity contribution in [1.82, 2.24) is 15.0 Å². The van der Waals surface area contributed by atoms with Crippen LogP contribution in [-0.4, -0.2) is 34.2 Å². The average molecular weight is 287 g/mol. The molecule has 3 rings (SSSR count). The summed E-state index contributed by atoms with van der Waals surface area (Å²) in [4.78, 5) is 6.69. The van der Waals surface area contributed by atoms with Crippen molar-refractivity contribution >= 4 is 0 Å². The third kappa shape index (κ3) is 3.14. The third-order valence-corrected chi connectivity index (χ3v) is 3.91. The van der Waals surface area contributed by atoms with Crippen molar-refractivity contribution in [2.75, 3.05) is 13.1 Å². The van der Waals surface area contributed by atoms with Gasteiger partial charge >= 0.3 is 0 Å². The first-order valence-electron chi connectivity index (χ1n) is 7.38. The van der Waals surface area contributed by atoms with Crippen molar-refractivity contribution in [3.8, 4) is 0 Å². The topological polar surface area (TPSA) is 51.4 Å². The Morgan fingerprint density at radius 1 is 1.24 bits per heavy atom. The van der Waals surface area contributed by atoms with Gasteiger partial charge in [0.2, 0.25) is 5.89 Å². The molecule has 0 aliphatic carbocycles. The fourth-order valence-electron chi connectivity index (χ4n) is 2.79. The first kappa shape index (κ1) is 14.2. The first-order chi connectivity index (χ1) is 10.1. The molecule has 0 saturated carbocycles. The molecular formula is C16H21N3O2. The van der Waals surface area contributed by atoms with E-state index >= 15 is 0 Å². The lowest BCUT2D eigenvalue weighted by Gasteiger charge is -2.39. The second-order valence-corrected chi connectivity index (χ2v) is 5.66. The summed E-state index contributed by atoms with van der Waals surface area (Å²) in [5.41, 5.74) is 1.21. The van der Waals surface area contributed by atoms with E-state index in [4.69, 9.17) is 9.26 Å². The standard InChI is InChI=1S/C16H21N3O2/c1-11-9-19(12(2)16-17-13(3)18-21-16)10-15(20-11)14-7-5-4-6-8-14/h4-8,11-12,15H,9-10H2,1-3H3. The molecule has 5 nitrogen and oxygen atoms in total.